The molecule has 1 aliphatic carbocycles. The average Bonchev–Trinajstić information content (AvgIpc) is 3.75. The molecule has 0 saturated heterocycles. The Balaban J connectivity index is 0.941. The quantitative estimate of drug-likeness (QED) is 0.116. The van der Waals surface area contributed by atoms with Gasteiger partial charge in [0.2, 0.25) is 5.71 Å². The number of hydrogen-bond acceptors (Lipinski definition) is 5. The Morgan fingerprint density at radius 3 is 1.75 bits per heavy atom. The number of nitrogens with zero attached hydrogens (tertiary/aromatic N) is 4. The molecule has 1 fully saturated rings. The lowest BCUT2D eigenvalue weighted by Gasteiger charge is -2.35. The fraction of sp³-hybridized carbons (Fsp3) is 0.254. The highest BCUT2D eigenvalue weighted by molar-refractivity contribution is 6.08. The zero-order valence-corrected chi connectivity index (χ0v) is 36.3. The Hall–Kier alpha value is -6.72. The molecule has 5 nitrogen and oxygen atoms in total. The first-order chi connectivity index (χ1) is 33.8. The van der Waals surface area contributed by atoms with Crippen LogP contribution in [0.1, 0.15) is 80.3 Å². The van der Waals surface area contributed by atoms with Crippen LogP contribution < -0.4 is 0 Å². The van der Waals surface area contributed by atoms with E-state index in [4.69, 9.17) is 27.6 Å². The van der Waals surface area contributed by atoms with Crippen LogP contribution in [-0.4, -0.2) is 19.9 Å². The lowest BCUT2D eigenvalue weighted by Crippen LogP contribution is -2.24. The molecular weight excluding hydrogens is 781 g/mol. The number of aromatic nitrogens is 4. The highest BCUT2D eigenvalue weighted by Gasteiger charge is 2.29. The Labute approximate surface area is 386 Å². The van der Waals surface area contributed by atoms with Crippen LogP contribution in [0.4, 0.5) is 0 Å². The molecule has 5 heteroatoms. The van der Waals surface area contributed by atoms with Crippen molar-refractivity contribution in [3.63, 3.8) is 0 Å². The third-order valence-electron chi connectivity index (χ3n) is 13.4. The average molecular weight is 843 g/mol. The van der Waals surface area contributed by atoms with Crippen molar-refractivity contribution in [1.82, 2.24) is 19.9 Å². The van der Waals surface area contributed by atoms with E-state index < -0.39 is 13.7 Å². The minimum atomic E-state index is -2.63. The molecule has 0 aliphatic heterocycles. The first-order valence-electron chi connectivity index (χ1n) is 25.8. The van der Waals surface area contributed by atoms with Gasteiger partial charge < -0.3 is 4.42 Å². The third-order valence-corrected chi connectivity index (χ3v) is 13.4. The number of furan rings is 1. The fourth-order valence-electron chi connectivity index (χ4n) is 10.00. The Morgan fingerprint density at radius 2 is 1.14 bits per heavy atom. The van der Waals surface area contributed by atoms with Gasteiger partial charge in [0, 0.05) is 60.0 Å². The van der Waals surface area contributed by atoms with Gasteiger partial charge in [0.15, 0.2) is 0 Å². The normalized spacial score (nSPS) is 18.2. The zero-order chi connectivity index (χ0) is 48.4. The molecule has 5 aromatic heterocycles. The monoisotopic (exact) mass is 842 g/mol. The van der Waals surface area contributed by atoms with Gasteiger partial charge in [0.1, 0.15) is 5.58 Å². The van der Waals surface area contributed by atoms with Crippen LogP contribution in [0.15, 0.2) is 163 Å². The molecule has 0 N–H and O–H groups in total. The molecule has 0 bridgehead atoms. The molecular formula is C59H56N4O. The van der Waals surface area contributed by atoms with Crippen molar-refractivity contribution in [3.8, 4) is 44.9 Å². The summed E-state index contributed by atoms with van der Waals surface area (Å²) >= 11 is 0. The van der Waals surface area contributed by atoms with E-state index in [-0.39, 0.29) is 11.1 Å². The van der Waals surface area contributed by atoms with E-state index in [2.05, 4.69) is 53.5 Å². The molecule has 10 rings (SSSR count). The highest BCUT2D eigenvalue weighted by atomic mass is 16.3. The van der Waals surface area contributed by atoms with E-state index >= 15 is 0 Å². The number of benzene rings is 4. The summed E-state index contributed by atoms with van der Waals surface area (Å²) < 4.78 is 56.2. The summed E-state index contributed by atoms with van der Waals surface area (Å²) in [4.78, 5) is 19.4. The molecule has 2 unspecified atom stereocenters. The summed E-state index contributed by atoms with van der Waals surface area (Å²) in [5.41, 5.74) is 12.4. The van der Waals surface area contributed by atoms with Gasteiger partial charge in [-0.1, -0.05) is 103 Å². The van der Waals surface area contributed by atoms with Crippen molar-refractivity contribution >= 4 is 22.1 Å². The van der Waals surface area contributed by atoms with Gasteiger partial charge in [-0.2, -0.15) is 0 Å². The molecule has 64 heavy (non-hydrogen) atoms. The maximum absolute atomic E-state index is 8.41. The van der Waals surface area contributed by atoms with Crippen LogP contribution in [-0.2, 0) is 19.3 Å². The Morgan fingerprint density at radius 1 is 0.516 bits per heavy atom. The Bertz CT molecular complexity index is 3150. The lowest BCUT2D eigenvalue weighted by atomic mass is 9.70. The van der Waals surface area contributed by atoms with E-state index in [1.807, 2.05) is 98.3 Å². The summed E-state index contributed by atoms with van der Waals surface area (Å²) in [6.45, 7) is -3.28. The summed E-state index contributed by atoms with van der Waals surface area (Å²) in [5.74, 6) is 1.56. The van der Waals surface area contributed by atoms with E-state index in [1.54, 1.807) is 12.1 Å². The molecule has 2 atom stereocenters. The van der Waals surface area contributed by atoms with Crippen LogP contribution in [0.2, 0.25) is 0 Å². The van der Waals surface area contributed by atoms with Gasteiger partial charge in [-0.05, 0) is 172 Å². The molecule has 1 aliphatic rings. The van der Waals surface area contributed by atoms with E-state index in [0.29, 0.717) is 40.3 Å². The van der Waals surface area contributed by atoms with E-state index in [9.17, 15) is 0 Å². The number of pyridine rings is 4. The summed E-state index contributed by atoms with van der Waals surface area (Å²) in [6.07, 6.45) is 15.2. The van der Waals surface area contributed by atoms with Gasteiger partial charge in [0.25, 0.3) is 0 Å². The SMILES string of the molecule is [2H]C([2H])([2H])c1ccc(-c2cc(-c3cccc4c3oc3nc(C)ccc34)ncc2CCC2CC(CCc3ccc(-c4ccccc4)nc3)CC(CCc3ccc(-c4ccccc4)nc3)C2)cc1C([2H])([2H])[2H]. The third kappa shape index (κ3) is 9.17. The minimum Gasteiger partial charge on any atom is -0.437 e. The van der Waals surface area contributed by atoms with Gasteiger partial charge in [-0.25, -0.2) is 4.98 Å². The lowest BCUT2D eigenvalue weighted by molar-refractivity contribution is 0.172. The summed E-state index contributed by atoms with van der Waals surface area (Å²) in [6, 6.07) is 46.1. The minimum absolute atomic E-state index is 0.160. The fourth-order valence-corrected chi connectivity index (χ4v) is 10.00. The molecule has 1 saturated carbocycles. The second kappa shape index (κ2) is 18.6. The first kappa shape index (κ1) is 34.7. The van der Waals surface area contributed by atoms with E-state index in [1.165, 1.54) is 23.6 Å². The van der Waals surface area contributed by atoms with Crippen LogP contribution >= 0.6 is 0 Å². The topological polar surface area (TPSA) is 64.7 Å². The summed E-state index contributed by atoms with van der Waals surface area (Å²) in [7, 11) is 0. The molecule has 318 valence electrons. The number of para-hydroxylation sites is 1. The molecule has 0 spiro atoms. The van der Waals surface area contributed by atoms with Crippen molar-refractivity contribution in [2.75, 3.05) is 0 Å². The van der Waals surface area contributed by atoms with Crippen molar-refractivity contribution < 1.29 is 12.6 Å². The predicted octanol–water partition coefficient (Wildman–Crippen LogP) is 15.0. The van der Waals surface area contributed by atoms with Crippen molar-refractivity contribution in [1.29, 1.82) is 0 Å². The second-order valence-electron chi connectivity index (χ2n) is 17.8. The van der Waals surface area contributed by atoms with Crippen molar-refractivity contribution in [2.45, 2.75) is 78.4 Å². The van der Waals surface area contributed by atoms with Gasteiger partial charge in [-0.3, -0.25) is 15.0 Å². The van der Waals surface area contributed by atoms with Gasteiger partial charge in [-0.15, -0.1) is 0 Å². The summed E-state index contributed by atoms with van der Waals surface area (Å²) in [5, 5.41) is 1.85. The highest BCUT2D eigenvalue weighted by Crippen LogP contribution is 2.42. The smallest absolute Gasteiger partial charge is 0.227 e. The molecule has 5 heterocycles. The molecule has 4 aromatic carbocycles. The van der Waals surface area contributed by atoms with Gasteiger partial charge in [0.05, 0.1) is 17.1 Å². The van der Waals surface area contributed by atoms with Crippen LogP contribution in [0, 0.1) is 38.4 Å². The molecule has 9 aromatic rings. The second-order valence-corrected chi connectivity index (χ2v) is 17.8. The largest absolute Gasteiger partial charge is 0.437 e. The van der Waals surface area contributed by atoms with Crippen molar-refractivity contribution in [2.24, 2.45) is 17.8 Å². The van der Waals surface area contributed by atoms with Crippen molar-refractivity contribution in [3.05, 3.63) is 192 Å². The van der Waals surface area contributed by atoms with Crippen LogP contribution in [0.3, 0.4) is 0 Å². The van der Waals surface area contributed by atoms with Gasteiger partial charge >= 0.3 is 0 Å². The standard InChI is InChI=1S/C59H56N4O/c1-39-17-26-49(31-40(39)2)54-35-57(53-16-10-15-51-52-28-18-41(3)63-59(52)64-58(51)53)62-38-50(54)27-23-46-33-44(21-19-42-24-29-55(60-36-42)47-11-6-4-7-12-47)32-45(34-46)22-20-43-25-30-56(61-37-43)48-13-8-5-9-14-48/h4-18,24-26,28-31,35-38,44-46H,19-23,27,32-34H2,1-3H3/i1D3,2D3. The van der Waals surface area contributed by atoms with Crippen LogP contribution in [0.5, 0.6) is 0 Å². The number of fused-ring (bicyclic) bond motifs is 3. The molecule has 0 amide bonds. The zero-order valence-electron chi connectivity index (χ0n) is 42.3. The van der Waals surface area contributed by atoms with Crippen LogP contribution in [0.25, 0.3) is 67.0 Å². The number of hydrogen-bond donors (Lipinski definition) is 0. The first-order valence-corrected chi connectivity index (χ1v) is 22.8. The number of rotatable bonds is 13. The maximum atomic E-state index is 8.41. The number of aryl methyl sites for hydroxylation is 6. The van der Waals surface area contributed by atoms with E-state index in [0.717, 1.165) is 107 Å². The Kier molecular flexibility index (Phi) is 10.1. The predicted molar refractivity (Wildman–Crippen MR) is 263 cm³/mol. The molecule has 0 radical (unpaired) electrons. The maximum Gasteiger partial charge on any atom is 0.227 e.